The molecule has 1 aliphatic carbocycles. The van der Waals surface area contributed by atoms with E-state index in [0.717, 1.165) is 49.8 Å². The second kappa shape index (κ2) is 8.33. The Labute approximate surface area is 166 Å². The zero-order chi connectivity index (χ0) is 19.5. The van der Waals surface area contributed by atoms with Gasteiger partial charge in [0, 0.05) is 32.5 Å². The van der Waals surface area contributed by atoms with E-state index in [0.29, 0.717) is 12.3 Å². The zero-order valence-electron chi connectivity index (χ0n) is 16.7. The van der Waals surface area contributed by atoms with Gasteiger partial charge in [0.2, 0.25) is 5.91 Å². The van der Waals surface area contributed by atoms with Crippen LogP contribution >= 0.6 is 0 Å². The molecular weight excluding hydrogens is 352 g/mol. The van der Waals surface area contributed by atoms with Gasteiger partial charge in [0.25, 0.3) is 0 Å². The molecule has 2 fully saturated rings. The number of amides is 1. The third-order valence-corrected chi connectivity index (χ3v) is 6.42. The minimum absolute atomic E-state index is 0.115. The average molecular weight is 383 g/mol. The molecule has 150 valence electrons. The van der Waals surface area contributed by atoms with E-state index in [4.69, 9.17) is 0 Å². The lowest BCUT2D eigenvalue weighted by molar-refractivity contribution is -0.132. The molecule has 1 saturated carbocycles. The van der Waals surface area contributed by atoms with Gasteiger partial charge < -0.3 is 4.90 Å². The van der Waals surface area contributed by atoms with Crippen molar-refractivity contribution >= 4 is 5.91 Å². The SMILES string of the molecule is Cn1nc(C2CCN(C(=O)CCC3CCCC3)CC2)n(-c2ccccc2)c1=O. The Morgan fingerprint density at radius 3 is 2.43 bits per heavy atom. The van der Waals surface area contributed by atoms with Gasteiger partial charge in [-0.25, -0.2) is 14.0 Å². The molecule has 0 bridgehead atoms. The Morgan fingerprint density at radius 2 is 1.75 bits per heavy atom. The van der Waals surface area contributed by atoms with Crippen molar-refractivity contribution in [2.45, 2.75) is 57.3 Å². The first-order valence-electron chi connectivity index (χ1n) is 10.6. The highest BCUT2D eigenvalue weighted by molar-refractivity contribution is 5.76. The molecule has 2 heterocycles. The number of nitrogens with zero attached hydrogens (tertiary/aromatic N) is 4. The number of hydrogen-bond acceptors (Lipinski definition) is 3. The Kier molecular flexibility index (Phi) is 5.64. The van der Waals surface area contributed by atoms with Crippen LogP contribution in [0.1, 0.15) is 63.1 Å². The van der Waals surface area contributed by atoms with Crippen LogP contribution in [0.25, 0.3) is 5.69 Å². The van der Waals surface area contributed by atoms with Gasteiger partial charge in [0.05, 0.1) is 5.69 Å². The van der Waals surface area contributed by atoms with Crippen LogP contribution in [0.15, 0.2) is 35.1 Å². The van der Waals surface area contributed by atoms with E-state index in [-0.39, 0.29) is 11.6 Å². The van der Waals surface area contributed by atoms with Gasteiger partial charge in [-0.15, -0.1) is 0 Å². The van der Waals surface area contributed by atoms with Crippen LogP contribution in [-0.4, -0.2) is 38.2 Å². The molecule has 1 amide bonds. The van der Waals surface area contributed by atoms with Crippen molar-refractivity contribution in [2.24, 2.45) is 13.0 Å². The van der Waals surface area contributed by atoms with Crippen molar-refractivity contribution in [3.8, 4) is 5.69 Å². The van der Waals surface area contributed by atoms with Crippen molar-refractivity contribution in [3.63, 3.8) is 0 Å². The van der Waals surface area contributed by atoms with Crippen LogP contribution in [0.4, 0.5) is 0 Å². The third-order valence-electron chi connectivity index (χ3n) is 6.42. The standard InChI is InChI=1S/C22H30N4O2/c1-24-22(28)26(19-9-3-2-4-10-19)21(23-24)18-13-15-25(16-14-18)20(27)12-11-17-7-5-6-8-17/h2-4,9-10,17-18H,5-8,11-16H2,1H3. The predicted octanol–water partition coefficient (Wildman–Crippen LogP) is 3.25. The highest BCUT2D eigenvalue weighted by Gasteiger charge is 2.29. The van der Waals surface area contributed by atoms with E-state index in [2.05, 4.69) is 5.10 Å². The highest BCUT2D eigenvalue weighted by Crippen LogP contribution is 2.30. The van der Waals surface area contributed by atoms with E-state index < -0.39 is 0 Å². The van der Waals surface area contributed by atoms with Gasteiger partial charge in [-0.1, -0.05) is 43.9 Å². The quantitative estimate of drug-likeness (QED) is 0.798. The first kappa shape index (κ1) is 19.0. The molecule has 0 radical (unpaired) electrons. The Morgan fingerprint density at radius 1 is 1.07 bits per heavy atom. The zero-order valence-corrected chi connectivity index (χ0v) is 16.7. The number of carbonyl (C=O) groups excluding carboxylic acids is 1. The smallest absolute Gasteiger partial charge is 0.343 e. The number of rotatable bonds is 5. The molecule has 0 N–H and O–H groups in total. The van der Waals surface area contributed by atoms with Crippen LogP contribution in [0.3, 0.4) is 0 Å². The van der Waals surface area contributed by atoms with Crippen LogP contribution in [0.5, 0.6) is 0 Å². The van der Waals surface area contributed by atoms with Crippen LogP contribution in [0, 0.1) is 5.92 Å². The molecule has 4 rings (SSSR count). The minimum atomic E-state index is -0.115. The van der Waals surface area contributed by atoms with E-state index in [1.165, 1.54) is 30.4 Å². The normalized spacial score (nSPS) is 18.7. The summed E-state index contributed by atoms with van der Waals surface area (Å²) in [7, 11) is 1.70. The van der Waals surface area contributed by atoms with E-state index in [1.807, 2.05) is 35.2 Å². The predicted molar refractivity (Wildman–Crippen MR) is 109 cm³/mol. The summed E-state index contributed by atoms with van der Waals surface area (Å²) in [5.74, 6) is 2.08. The van der Waals surface area contributed by atoms with Crippen molar-refractivity contribution < 1.29 is 4.79 Å². The number of benzene rings is 1. The number of aromatic nitrogens is 3. The molecule has 0 spiro atoms. The summed E-state index contributed by atoms with van der Waals surface area (Å²) in [5, 5.41) is 4.53. The van der Waals surface area contributed by atoms with Gasteiger partial charge in [-0.2, -0.15) is 5.10 Å². The maximum absolute atomic E-state index is 12.6. The molecule has 2 aromatic rings. The number of carbonyl (C=O) groups is 1. The molecule has 0 unspecified atom stereocenters. The highest BCUT2D eigenvalue weighted by atomic mass is 16.2. The lowest BCUT2D eigenvalue weighted by atomic mass is 9.95. The topological polar surface area (TPSA) is 60.1 Å². The van der Waals surface area contributed by atoms with Gasteiger partial charge in [0.15, 0.2) is 0 Å². The molecule has 1 aromatic heterocycles. The second-order valence-electron chi connectivity index (χ2n) is 8.28. The number of aryl methyl sites for hydroxylation is 1. The summed E-state index contributed by atoms with van der Waals surface area (Å²) in [5.41, 5.74) is 0.738. The van der Waals surface area contributed by atoms with Gasteiger partial charge in [-0.05, 0) is 37.3 Å². The summed E-state index contributed by atoms with van der Waals surface area (Å²) in [6, 6.07) is 9.69. The van der Waals surface area contributed by atoms with Crippen molar-refractivity contribution in [1.29, 1.82) is 0 Å². The maximum atomic E-state index is 12.6. The summed E-state index contributed by atoms with van der Waals surface area (Å²) >= 11 is 0. The number of hydrogen-bond donors (Lipinski definition) is 0. The van der Waals surface area contributed by atoms with Crippen molar-refractivity contribution in [2.75, 3.05) is 13.1 Å². The largest absolute Gasteiger partial charge is 0.350 e. The fourth-order valence-electron chi connectivity index (χ4n) is 4.74. The van der Waals surface area contributed by atoms with Crippen LogP contribution < -0.4 is 5.69 Å². The number of likely N-dealkylation sites (tertiary alicyclic amines) is 1. The summed E-state index contributed by atoms with van der Waals surface area (Å²) < 4.78 is 3.14. The summed E-state index contributed by atoms with van der Waals surface area (Å²) in [6.45, 7) is 1.52. The Bertz CT molecular complexity index is 856. The minimum Gasteiger partial charge on any atom is -0.343 e. The molecule has 28 heavy (non-hydrogen) atoms. The van der Waals surface area contributed by atoms with Crippen molar-refractivity contribution in [3.05, 3.63) is 46.6 Å². The third kappa shape index (κ3) is 3.91. The van der Waals surface area contributed by atoms with E-state index in [1.54, 1.807) is 11.6 Å². The van der Waals surface area contributed by atoms with E-state index >= 15 is 0 Å². The molecule has 6 heteroatoms. The van der Waals surface area contributed by atoms with Gasteiger partial charge in [0.1, 0.15) is 5.82 Å². The summed E-state index contributed by atoms with van der Waals surface area (Å²) in [6.07, 6.45) is 8.71. The van der Waals surface area contributed by atoms with Crippen LogP contribution in [0.2, 0.25) is 0 Å². The first-order chi connectivity index (χ1) is 13.6. The molecular formula is C22H30N4O2. The average Bonchev–Trinajstić information content (AvgIpc) is 3.35. The van der Waals surface area contributed by atoms with Crippen LogP contribution in [-0.2, 0) is 11.8 Å². The molecule has 1 aromatic carbocycles. The van der Waals surface area contributed by atoms with Gasteiger partial charge >= 0.3 is 5.69 Å². The lowest BCUT2D eigenvalue weighted by Crippen LogP contribution is -2.38. The first-order valence-corrected chi connectivity index (χ1v) is 10.6. The molecule has 1 saturated heterocycles. The van der Waals surface area contributed by atoms with E-state index in [9.17, 15) is 9.59 Å². The second-order valence-corrected chi connectivity index (χ2v) is 8.28. The van der Waals surface area contributed by atoms with Crippen molar-refractivity contribution in [1.82, 2.24) is 19.2 Å². The Balaban J connectivity index is 1.41. The maximum Gasteiger partial charge on any atom is 0.350 e. The molecule has 6 nitrogen and oxygen atoms in total. The van der Waals surface area contributed by atoms with Gasteiger partial charge in [-0.3, -0.25) is 4.79 Å². The molecule has 1 aliphatic heterocycles. The monoisotopic (exact) mass is 382 g/mol. The fraction of sp³-hybridized carbons (Fsp3) is 0.591. The fourth-order valence-corrected chi connectivity index (χ4v) is 4.74. The summed E-state index contributed by atoms with van der Waals surface area (Å²) in [4.78, 5) is 27.2. The number of piperidine rings is 1. The Hall–Kier alpha value is -2.37. The molecule has 0 atom stereocenters. The molecule has 2 aliphatic rings. The lowest BCUT2D eigenvalue weighted by Gasteiger charge is -2.32. The number of para-hydroxylation sites is 1.